The highest BCUT2D eigenvalue weighted by Gasteiger charge is 2.34. The number of benzene rings is 2. The van der Waals surface area contributed by atoms with Crippen molar-refractivity contribution in [1.29, 1.82) is 0 Å². The van der Waals surface area contributed by atoms with Crippen molar-refractivity contribution in [2.75, 3.05) is 51.3 Å². The number of likely N-dealkylation sites (N-methyl/N-ethyl adjacent to an activating group) is 1. The molecule has 8 rings (SSSR count). The van der Waals surface area contributed by atoms with Crippen LogP contribution in [-0.2, 0) is 16.0 Å². The van der Waals surface area contributed by atoms with Gasteiger partial charge in [-0.3, -0.25) is 9.78 Å². The van der Waals surface area contributed by atoms with Crippen molar-refractivity contribution in [2.24, 2.45) is 0 Å². The van der Waals surface area contributed by atoms with Crippen LogP contribution in [0.2, 0.25) is 0 Å². The van der Waals surface area contributed by atoms with E-state index >= 15 is 4.39 Å². The van der Waals surface area contributed by atoms with Crippen LogP contribution < -0.4 is 15.0 Å². The first-order chi connectivity index (χ1) is 21.7. The number of amides is 1. The Morgan fingerprint density at radius 3 is 2.91 bits per heavy atom. The van der Waals surface area contributed by atoms with E-state index in [-0.39, 0.29) is 36.0 Å². The molecule has 236 valence electrons. The zero-order valence-electron chi connectivity index (χ0n) is 26.0. The molecule has 2 saturated heterocycles. The lowest BCUT2D eigenvalue weighted by Gasteiger charge is -2.42. The van der Waals surface area contributed by atoms with Gasteiger partial charge in [0.15, 0.2) is 0 Å². The smallest absolute Gasteiger partial charge is 0.319 e. The number of fused-ring (bicyclic) bond motifs is 5. The van der Waals surface area contributed by atoms with E-state index in [4.69, 9.17) is 24.4 Å². The van der Waals surface area contributed by atoms with Crippen LogP contribution >= 0.6 is 0 Å². The molecule has 6 heterocycles. The number of morpholine rings is 1. The van der Waals surface area contributed by atoms with Gasteiger partial charge in [-0.25, -0.2) is 4.39 Å². The van der Waals surface area contributed by atoms with Crippen molar-refractivity contribution in [3.8, 4) is 23.0 Å². The largest absolute Gasteiger partial charge is 0.508 e. The highest BCUT2D eigenvalue weighted by atomic mass is 19.1. The van der Waals surface area contributed by atoms with Gasteiger partial charge in [-0.1, -0.05) is 6.07 Å². The molecule has 2 aromatic carbocycles. The lowest BCUT2D eigenvalue weighted by molar-refractivity contribution is -0.123. The van der Waals surface area contributed by atoms with Crippen molar-refractivity contribution in [2.45, 2.75) is 57.6 Å². The summed E-state index contributed by atoms with van der Waals surface area (Å²) in [5, 5.41) is 16.2. The topological polar surface area (TPSA) is 113 Å². The van der Waals surface area contributed by atoms with E-state index in [1.165, 1.54) is 6.07 Å². The molecular weight excluding hydrogens is 575 g/mol. The first-order valence-corrected chi connectivity index (χ1v) is 15.8. The van der Waals surface area contributed by atoms with Crippen molar-refractivity contribution < 1.29 is 23.8 Å². The number of phenols is 1. The van der Waals surface area contributed by atoms with Gasteiger partial charge in [0.25, 0.3) is 0 Å². The molecule has 0 spiro atoms. The third kappa shape index (κ3) is 5.75. The van der Waals surface area contributed by atoms with Gasteiger partial charge >= 0.3 is 6.01 Å². The van der Waals surface area contributed by atoms with Gasteiger partial charge in [-0.15, -0.1) is 0 Å². The minimum atomic E-state index is -0.469. The molecule has 2 aromatic heterocycles. The predicted octanol–water partition coefficient (Wildman–Crippen LogP) is 4.52. The normalized spacial score (nSPS) is 22.7. The number of phenolic OH excluding ortho intramolecular Hbond substituents is 1. The maximum Gasteiger partial charge on any atom is 0.319 e. The number of rotatable bonds is 3. The van der Waals surface area contributed by atoms with Crippen LogP contribution in [0.3, 0.4) is 0 Å². The molecule has 1 amide bonds. The number of hydrogen-bond acceptors (Lipinski definition) is 9. The summed E-state index contributed by atoms with van der Waals surface area (Å²) in [5.41, 5.74) is 2.68. The number of hydrogen-bond donors (Lipinski definition) is 2. The standard InChI is InChI=1S/C34H39FN6O4/c1-20-30-25-15-22(42)14-21-8-9-27(35)24(29(21)25)6-4-7-28(43)39-34(2)10-5-11-41(19-34)32-26(16-36-30)31(20)37-33(38-32)45-18-23-17-40(3)12-13-44-23/h8-9,14-16,23,42H,4-7,10-13,17-19H2,1-3H3,(H,39,43)/t23?,34-/m1/s1. The van der Waals surface area contributed by atoms with Gasteiger partial charge in [0, 0.05) is 49.9 Å². The molecule has 2 fully saturated rings. The van der Waals surface area contributed by atoms with Gasteiger partial charge in [0.1, 0.15) is 30.1 Å². The van der Waals surface area contributed by atoms with E-state index in [9.17, 15) is 9.90 Å². The van der Waals surface area contributed by atoms with Crippen LogP contribution in [0.25, 0.3) is 32.9 Å². The van der Waals surface area contributed by atoms with Crippen molar-refractivity contribution in [1.82, 2.24) is 25.2 Å². The van der Waals surface area contributed by atoms with Crippen LogP contribution in [0.4, 0.5) is 10.2 Å². The quantitative estimate of drug-likeness (QED) is 0.344. The fourth-order valence-electron chi connectivity index (χ4n) is 7.17. The number of carbonyl (C=O) groups excluding carboxylic acids is 1. The maximum absolute atomic E-state index is 15.5. The Morgan fingerprint density at radius 1 is 1.20 bits per heavy atom. The van der Waals surface area contributed by atoms with Crippen LogP contribution in [-0.4, -0.2) is 88.9 Å². The van der Waals surface area contributed by atoms with Gasteiger partial charge < -0.3 is 29.7 Å². The summed E-state index contributed by atoms with van der Waals surface area (Å²) in [7, 11) is 2.06. The first-order valence-electron chi connectivity index (χ1n) is 15.8. The van der Waals surface area contributed by atoms with Crippen molar-refractivity contribution in [3.63, 3.8) is 0 Å². The second-order valence-electron chi connectivity index (χ2n) is 13.0. The van der Waals surface area contributed by atoms with E-state index in [1.807, 2.05) is 6.92 Å². The van der Waals surface area contributed by atoms with Gasteiger partial charge in [0.05, 0.1) is 28.7 Å². The molecule has 0 radical (unpaired) electrons. The highest BCUT2D eigenvalue weighted by molar-refractivity contribution is 6.03. The molecule has 2 N–H and O–H groups in total. The molecule has 4 aliphatic heterocycles. The summed E-state index contributed by atoms with van der Waals surface area (Å²) in [6.45, 7) is 7.91. The van der Waals surface area contributed by atoms with Crippen LogP contribution in [0.1, 0.15) is 43.7 Å². The van der Waals surface area contributed by atoms with Crippen LogP contribution in [0.15, 0.2) is 30.5 Å². The monoisotopic (exact) mass is 614 g/mol. The molecule has 10 nitrogen and oxygen atoms in total. The highest BCUT2D eigenvalue weighted by Crippen LogP contribution is 2.40. The number of aryl methyl sites for hydroxylation is 2. The van der Waals surface area contributed by atoms with Gasteiger partial charge in [-0.2, -0.15) is 9.97 Å². The summed E-state index contributed by atoms with van der Waals surface area (Å²) in [6, 6.07) is 6.60. The fourth-order valence-corrected chi connectivity index (χ4v) is 7.17. The number of nitrogens with one attached hydrogen (secondary N) is 1. The minimum Gasteiger partial charge on any atom is -0.508 e. The number of aromatic nitrogens is 3. The summed E-state index contributed by atoms with van der Waals surface area (Å²) in [6.07, 6.45) is 4.49. The molecule has 4 aromatic rings. The second kappa shape index (κ2) is 11.7. The average molecular weight is 615 g/mol. The molecule has 11 heteroatoms. The minimum absolute atomic E-state index is 0.0554. The predicted molar refractivity (Wildman–Crippen MR) is 170 cm³/mol. The SMILES string of the molecule is Cc1c2ncc3c(nc(OCC4CN(C)CCO4)nc13)N1CCC[C@](C)(C1)NC(=O)CCCc1c(F)ccc3cc(O)cc-2c13. The Labute approximate surface area is 261 Å². The number of piperidine rings is 1. The molecule has 6 bridgehead atoms. The Bertz CT molecular complexity index is 1800. The number of halogens is 1. The zero-order valence-corrected chi connectivity index (χ0v) is 26.0. The number of aromatic hydroxyl groups is 1. The molecular formula is C34H39FN6O4. The molecule has 45 heavy (non-hydrogen) atoms. The third-order valence-electron chi connectivity index (χ3n) is 9.35. The Hall–Kier alpha value is -4.09. The van der Waals surface area contributed by atoms with Crippen LogP contribution in [0, 0.1) is 12.7 Å². The third-order valence-corrected chi connectivity index (χ3v) is 9.35. The average Bonchev–Trinajstić information content (AvgIpc) is 3.00. The summed E-state index contributed by atoms with van der Waals surface area (Å²) < 4.78 is 27.7. The van der Waals surface area contributed by atoms with Gasteiger partial charge in [0.2, 0.25) is 5.91 Å². The lowest BCUT2D eigenvalue weighted by Crippen LogP contribution is -2.57. The van der Waals surface area contributed by atoms with E-state index in [2.05, 4.69) is 29.1 Å². The van der Waals surface area contributed by atoms with Crippen molar-refractivity contribution >= 4 is 33.4 Å². The van der Waals surface area contributed by atoms with Gasteiger partial charge in [-0.05, 0) is 81.1 Å². The summed E-state index contributed by atoms with van der Waals surface area (Å²) >= 11 is 0. The molecule has 2 atom stereocenters. The maximum atomic E-state index is 15.5. The number of carbonyl (C=O) groups is 1. The number of ether oxygens (including phenoxy) is 2. The number of anilines is 1. The van der Waals surface area contributed by atoms with Crippen molar-refractivity contribution in [3.05, 3.63) is 47.4 Å². The number of pyridine rings is 1. The molecule has 0 saturated carbocycles. The molecule has 4 aliphatic rings. The molecule has 1 unspecified atom stereocenters. The number of nitrogens with zero attached hydrogens (tertiary/aromatic N) is 5. The Kier molecular flexibility index (Phi) is 7.69. The van der Waals surface area contributed by atoms with E-state index < -0.39 is 5.54 Å². The zero-order chi connectivity index (χ0) is 31.3. The summed E-state index contributed by atoms with van der Waals surface area (Å²) in [5.74, 6) is 0.349. The second-order valence-corrected chi connectivity index (χ2v) is 13.0. The Balaban J connectivity index is 1.43. The first kappa shape index (κ1) is 29.6. The van der Waals surface area contributed by atoms with Crippen LogP contribution in [0.5, 0.6) is 11.8 Å². The van der Waals surface area contributed by atoms with E-state index in [1.54, 1.807) is 24.4 Å². The lowest BCUT2D eigenvalue weighted by atomic mass is 9.89. The fraction of sp³-hybridized carbons (Fsp3) is 0.471. The Morgan fingerprint density at radius 2 is 2.07 bits per heavy atom. The molecule has 0 aliphatic carbocycles. The van der Waals surface area contributed by atoms with E-state index in [0.29, 0.717) is 71.5 Å². The summed E-state index contributed by atoms with van der Waals surface area (Å²) in [4.78, 5) is 32.4. The van der Waals surface area contributed by atoms with E-state index in [0.717, 1.165) is 43.4 Å².